The number of rotatable bonds is 1. The molecule has 1 atom stereocenters. The smallest absolute Gasteiger partial charge is 0.213 e. The van der Waals surface area contributed by atoms with Crippen molar-refractivity contribution < 1.29 is 26.4 Å². The first-order chi connectivity index (χ1) is 4.30. The molecular weight excluding hydrogens is 197 g/mol. The standard InChI is InChI=1S/C7H8FN.BrH/c1-6(8)7-4-2-3-5-9-7;/h2-6H,1H3;1H. The van der Waals surface area contributed by atoms with E-state index in [4.69, 9.17) is 0 Å². The molecule has 56 valence electrons. The Morgan fingerprint density at radius 1 is 1.50 bits per heavy atom. The molecule has 0 aliphatic heterocycles. The minimum Gasteiger partial charge on any atom is -1.00 e. The van der Waals surface area contributed by atoms with Crippen LogP contribution in [0.25, 0.3) is 0 Å². The van der Waals surface area contributed by atoms with E-state index in [0.29, 0.717) is 5.69 Å². The van der Waals surface area contributed by atoms with Crippen LogP contribution in [0.5, 0.6) is 0 Å². The van der Waals surface area contributed by atoms with E-state index < -0.39 is 6.17 Å². The molecule has 0 amide bonds. The van der Waals surface area contributed by atoms with E-state index in [-0.39, 0.29) is 17.0 Å². The monoisotopic (exact) mass is 205 g/mol. The van der Waals surface area contributed by atoms with Crippen molar-refractivity contribution in [3.63, 3.8) is 0 Å². The Balaban J connectivity index is 0.000000810. The van der Waals surface area contributed by atoms with Crippen molar-refractivity contribution in [1.82, 2.24) is 0 Å². The van der Waals surface area contributed by atoms with E-state index in [2.05, 4.69) is 4.98 Å². The molecule has 0 aromatic carbocycles. The molecule has 0 aliphatic rings. The van der Waals surface area contributed by atoms with Crippen molar-refractivity contribution in [1.29, 1.82) is 0 Å². The molecule has 0 fully saturated rings. The molecule has 1 heterocycles. The van der Waals surface area contributed by atoms with E-state index in [1.54, 1.807) is 12.3 Å². The quantitative estimate of drug-likeness (QED) is 0.533. The molecule has 10 heavy (non-hydrogen) atoms. The van der Waals surface area contributed by atoms with Crippen LogP contribution in [0.4, 0.5) is 4.39 Å². The van der Waals surface area contributed by atoms with Crippen molar-refractivity contribution in [2.24, 2.45) is 0 Å². The highest BCUT2D eigenvalue weighted by Crippen LogP contribution is 2.08. The van der Waals surface area contributed by atoms with Gasteiger partial charge in [-0.25, -0.2) is 9.37 Å². The zero-order valence-corrected chi connectivity index (χ0v) is 7.23. The summed E-state index contributed by atoms with van der Waals surface area (Å²) in [5.41, 5.74) is 0.623. The van der Waals surface area contributed by atoms with E-state index in [9.17, 15) is 4.39 Å². The van der Waals surface area contributed by atoms with Gasteiger partial charge in [0.1, 0.15) is 0 Å². The van der Waals surface area contributed by atoms with Gasteiger partial charge in [-0.1, -0.05) is 6.07 Å². The highest BCUT2D eigenvalue weighted by Gasteiger charge is 2.06. The molecule has 0 bridgehead atoms. The summed E-state index contributed by atoms with van der Waals surface area (Å²) in [5, 5.41) is 0. The lowest BCUT2D eigenvalue weighted by Gasteiger charge is -1.90. The average molecular weight is 206 g/mol. The molecule has 1 N–H and O–H groups in total. The number of aromatic amines is 1. The number of aromatic nitrogens is 1. The van der Waals surface area contributed by atoms with Crippen LogP contribution in [0.1, 0.15) is 18.8 Å². The highest BCUT2D eigenvalue weighted by atomic mass is 79.9. The molecule has 1 nitrogen and oxygen atoms in total. The van der Waals surface area contributed by atoms with E-state index in [1.807, 2.05) is 12.1 Å². The maximum Gasteiger partial charge on any atom is 0.213 e. The van der Waals surface area contributed by atoms with Gasteiger partial charge in [-0.2, -0.15) is 0 Å². The summed E-state index contributed by atoms with van der Waals surface area (Å²) in [6.07, 6.45) is 0.817. The Hall–Kier alpha value is -0.440. The SMILES string of the molecule is CC(F)c1cccc[nH+]1.[Br-]. The number of alkyl halides is 1. The molecule has 0 aliphatic carbocycles. The second-order valence-electron chi connectivity index (χ2n) is 1.93. The number of hydrogen-bond acceptors (Lipinski definition) is 0. The van der Waals surface area contributed by atoms with Gasteiger partial charge in [0, 0.05) is 12.1 Å². The van der Waals surface area contributed by atoms with Crippen molar-refractivity contribution in [2.45, 2.75) is 13.1 Å². The Bertz CT molecular complexity index is 176. The number of hydrogen-bond donors (Lipinski definition) is 0. The number of H-pyrrole nitrogens is 1. The van der Waals surface area contributed by atoms with E-state index in [0.717, 1.165) is 0 Å². The summed E-state index contributed by atoms with van der Waals surface area (Å²) >= 11 is 0. The number of halogens is 2. The van der Waals surface area contributed by atoms with Crippen molar-refractivity contribution in [2.75, 3.05) is 0 Å². The Morgan fingerprint density at radius 3 is 2.50 bits per heavy atom. The Kier molecular flexibility index (Phi) is 4.19. The van der Waals surface area contributed by atoms with Gasteiger partial charge in [0.2, 0.25) is 5.69 Å². The first kappa shape index (κ1) is 9.56. The molecule has 0 spiro atoms. The van der Waals surface area contributed by atoms with Crippen molar-refractivity contribution in [3.05, 3.63) is 30.1 Å². The molecule has 0 saturated heterocycles. The molecule has 1 unspecified atom stereocenters. The second kappa shape index (κ2) is 4.39. The van der Waals surface area contributed by atoms with Gasteiger partial charge < -0.3 is 17.0 Å². The Labute approximate surface area is 70.1 Å². The van der Waals surface area contributed by atoms with Crippen LogP contribution < -0.4 is 22.0 Å². The van der Waals surface area contributed by atoms with Crippen molar-refractivity contribution in [3.8, 4) is 0 Å². The summed E-state index contributed by atoms with van der Waals surface area (Å²) in [5.74, 6) is 0. The number of pyridine rings is 1. The van der Waals surface area contributed by atoms with Crippen LogP contribution in [0, 0.1) is 0 Å². The predicted molar refractivity (Wildman–Crippen MR) is 32.5 cm³/mol. The fourth-order valence-electron chi connectivity index (χ4n) is 0.655. The first-order valence-corrected chi connectivity index (χ1v) is 2.91. The number of nitrogens with one attached hydrogen (secondary N) is 1. The fourth-order valence-corrected chi connectivity index (χ4v) is 0.655. The van der Waals surface area contributed by atoms with Crippen LogP contribution in [0.3, 0.4) is 0 Å². The minimum atomic E-state index is -0.897. The molecule has 3 heteroatoms. The van der Waals surface area contributed by atoms with Crippen LogP contribution in [0.2, 0.25) is 0 Å². The summed E-state index contributed by atoms with van der Waals surface area (Å²) in [6, 6.07) is 5.36. The summed E-state index contributed by atoms with van der Waals surface area (Å²) in [4.78, 5) is 2.79. The lowest BCUT2D eigenvalue weighted by atomic mass is 10.3. The van der Waals surface area contributed by atoms with Crippen molar-refractivity contribution >= 4 is 0 Å². The van der Waals surface area contributed by atoms with Crippen LogP contribution in [-0.2, 0) is 0 Å². The molecule has 0 saturated carbocycles. The summed E-state index contributed by atoms with van der Waals surface area (Å²) in [6.45, 7) is 1.51. The van der Waals surface area contributed by atoms with E-state index >= 15 is 0 Å². The Morgan fingerprint density at radius 2 is 2.20 bits per heavy atom. The average Bonchev–Trinajstić information content (AvgIpc) is 1.90. The van der Waals surface area contributed by atoms with Gasteiger partial charge in [-0.05, 0) is 6.92 Å². The lowest BCUT2D eigenvalue weighted by Crippen LogP contribution is -3.00. The zero-order valence-electron chi connectivity index (χ0n) is 5.64. The van der Waals surface area contributed by atoms with Crippen LogP contribution in [0.15, 0.2) is 24.4 Å². The van der Waals surface area contributed by atoms with Gasteiger partial charge in [-0.15, -0.1) is 0 Å². The van der Waals surface area contributed by atoms with Gasteiger partial charge in [0.15, 0.2) is 12.4 Å². The summed E-state index contributed by atoms with van der Waals surface area (Å²) in [7, 11) is 0. The molecule has 0 radical (unpaired) electrons. The van der Waals surface area contributed by atoms with E-state index in [1.165, 1.54) is 6.92 Å². The normalized spacial score (nSPS) is 11.8. The molecule has 1 aromatic heterocycles. The molecule has 1 rings (SSSR count). The van der Waals surface area contributed by atoms with Gasteiger partial charge in [-0.3, -0.25) is 0 Å². The van der Waals surface area contributed by atoms with Crippen LogP contribution in [-0.4, -0.2) is 0 Å². The lowest BCUT2D eigenvalue weighted by molar-refractivity contribution is -0.396. The summed E-state index contributed by atoms with van der Waals surface area (Å²) < 4.78 is 12.4. The first-order valence-electron chi connectivity index (χ1n) is 2.91. The van der Waals surface area contributed by atoms with Crippen LogP contribution >= 0.6 is 0 Å². The largest absolute Gasteiger partial charge is 1.00 e. The maximum atomic E-state index is 12.4. The maximum absolute atomic E-state index is 12.4. The van der Waals surface area contributed by atoms with Gasteiger partial charge in [0.25, 0.3) is 0 Å². The van der Waals surface area contributed by atoms with Gasteiger partial charge in [0.05, 0.1) is 0 Å². The zero-order chi connectivity index (χ0) is 6.69. The third-order valence-corrected chi connectivity index (χ3v) is 1.16. The van der Waals surface area contributed by atoms with Gasteiger partial charge >= 0.3 is 0 Å². The topological polar surface area (TPSA) is 14.1 Å². The highest BCUT2D eigenvalue weighted by molar-refractivity contribution is 4.98. The third kappa shape index (κ3) is 2.43. The minimum absolute atomic E-state index is 0. The molecular formula is C7H9BrFN. The third-order valence-electron chi connectivity index (χ3n) is 1.16. The second-order valence-corrected chi connectivity index (χ2v) is 1.93. The fraction of sp³-hybridized carbons (Fsp3) is 0.286. The predicted octanol–water partition coefficient (Wildman–Crippen LogP) is -1.46. The molecule has 1 aromatic rings.